The van der Waals surface area contributed by atoms with E-state index in [1.54, 1.807) is 0 Å². The molecule has 0 spiro atoms. The number of imidazole rings is 1. The summed E-state index contributed by atoms with van der Waals surface area (Å²) in [4.78, 5) is 34.8. The lowest BCUT2D eigenvalue weighted by Gasteiger charge is -2.29. The smallest absolute Gasteiger partial charge is 0.407 e. The van der Waals surface area contributed by atoms with Crippen LogP contribution < -0.4 is 5.32 Å². The fraction of sp³-hybridized carbons (Fsp3) is 0.550. The van der Waals surface area contributed by atoms with Crippen molar-refractivity contribution in [2.24, 2.45) is 5.92 Å². The van der Waals surface area contributed by atoms with Crippen molar-refractivity contribution < 1.29 is 14.3 Å². The van der Waals surface area contributed by atoms with Crippen molar-refractivity contribution in [3.05, 3.63) is 29.6 Å². The number of fused-ring (bicyclic) bond motifs is 1. The summed E-state index contributed by atoms with van der Waals surface area (Å²) in [6.45, 7) is 6.61. The highest BCUT2D eigenvalue weighted by atomic mass is 16.5. The molecule has 0 radical (unpaired) electrons. The number of likely N-dealkylation sites (tertiary alicyclic amines) is 1. The van der Waals surface area contributed by atoms with Crippen molar-refractivity contribution >= 4 is 23.0 Å². The summed E-state index contributed by atoms with van der Waals surface area (Å²) in [6.07, 6.45) is 2.15. The molecule has 1 aliphatic heterocycles. The van der Waals surface area contributed by atoms with E-state index in [0.717, 1.165) is 36.1 Å². The maximum absolute atomic E-state index is 13.2. The third-order valence-electron chi connectivity index (χ3n) is 5.22. The van der Waals surface area contributed by atoms with Crippen LogP contribution in [0.1, 0.15) is 51.0 Å². The predicted molar refractivity (Wildman–Crippen MR) is 103 cm³/mol. The number of hydrogen-bond donors (Lipinski definition) is 2. The van der Waals surface area contributed by atoms with Gasteiger partial charge in [-0.25, -0.2) is 9.78 Å². The highest BCUT2D eigenvalue weighted by Crippen LogP contribution is 2.32. The van der Waals surface area contributed by atoms with Gasteiger partial charge >= 0.3 is 6.09 Å². The SMILES string of the molecule is CCc1ccc2nc([C@@H]3CCCN3C(=O)[C@@H](NC(=O)OC)C(C)C)[nH]c2c1. The van der Waals surface area contributed by atoms with E-state index in [0.29, 0.717) is 6.54 Å². The number of rotatable bonds is 5. The third-order valence-corrected chi connectivity index (χ3v) is 5.22. The number of methoxy groups -OCH3 is 1. The van der Waals surface area contributed by atoms with Crippen molar-refractivity contribution in [1.82, 2.24) is 20.2 Å². The van der Waals surface area contributed by atoms with Crippen molar-refractivity contribution in [3.63, 3.8) is 0 Å². The molecular weight excluding hydrogens is 344 g/mol. The van der Waals surface area contributed by atoms with Gasteiger partial charge in [-0.3, -0.25) is 4.79 Å². The highest BCUT2D eigenvalue weighted by Gasteiger charge is 2.37. The number of carbonyl (C=O) groups excluding carboxylic acids is 2. The Labute approximate surface area is 159 Å². The van der Waals surface area contributed by atoms with E-state index < -0.39 is 12.1 Å². The summed E-state index contributed by atoms with van der Waals surface area (Å²) in [5.74, 6) is 0.679. The number of amides is 2. The molecule has 7 nitrogen and oxygen atoms in total. The van der Waals surface area contributed by atoms with E-state index >= 15 is 0 Å². The molecule has 2 N–H and O–H groups in total. The van der Waals surface area contributed by atoms with Gasteiger partial charge < -0.3 is 19.9 Å². The first-order chi connectivity index (χ1) is 12.9. The van der Waals surface area contributed by atoms with Crippen LogP contribution in [-0.4, -0.2) is 46.6 Å². The van der Waals surface area contributed by atoms with Crippen LogP contribution in [0.5, 0.6) is 0 Å². The molecule has 2 atom stereocenters. The molecule has 0 bridgehead atoms. The van der Waals surface area contributed by atoms with Crippen LogP contribution >= 0.6 is 0 Å². The molecule has 146 valence electrons. The van der Waals surface area contributed by atoms with Gasteiger partial charge in [0.1, 0.15) is 11.9 Å². The minimum atomic E-state index is -0.617. The number of ether oxygens (including phenoxy) is 1. The highest BCUT2D eigenvalue weighted by molar-refractivity contribution is 5.86. The predicted octanol–water partition coefficient (Wildman–Crippen LogP) is 3.17. The van der Waals surface area contributed by atoms with Crippen LogP contribution in [0.2, 0.25) is 0 Å². The van der Waals surface area contributed by atoms with E-state index in [1.165, 1.54) is 12.7 Å². The zero-order valence-corrected chi connectivity index (χ0v) is 16.4. The zero-order valence-electron chi connectivity index (χ0n) is 16.4. The normalized spacial score (nSPS) is 18.1. The lowest BCUT2D eigenvalue weighted by molar-refractivity contribution is -0.135. The number of aromatic amines is 1. The fourth-order valence-electron chi connectivity index (χ4n) is 3.65. The number of alkyl carbamates (subject to hydrolysis) is 1. The first-order valence-corrected chi connectivity index (χ1v) is 9.58. The average Bonchev–Trinajstić information content (AvgIpc) is 3.30. The molecule has 0 aliphatic carbocycles. The molecule has 0 saturated carbocycles. The number of hydrogen-bond acceptors (Lipinski definition) is 4. The Morgan fingerprint density at radius 3 is 2.85 bits per heavy atom. The molecule has 1 fully saturated rings. The number of benzene rings is 1. The molecule has 3 rings (SSSR count). The van der Waals surface area contributed by atoms with E-state index in [-0.39, 0.29) is 17.9 Å². The summed E-state index contributed by atoms with van der Waals surface area (Å²) in [5, 5.41) is 2.67. The Morgan fingerprint density at radius 1 is 1.41 bits per heavy atom. The minimum Gasteiger partial charge on any atom is -0.453 e. The second-order valence-electron chi connectivity index (χ2n) is 7.37. The van der Waals surface area contributed by atoms with Gasteiger partial charge in [-0.1, -0.05) is 26.8 Å². The van der Waals surface area contributed by atoms with Crippen molar-refractivity contribution in [1.29, 1.82) is 0 Å². The molecule has 2 aromatic rings. The number of H-pyrrole nitrogens is 1. The van der Waals surface area contributed by atoms with Gasteiger partial charge in [0.15, 0.2) is 0 Å². The van der Waals surface area contributed by atoms with Crippen molar-refractivity contribution in [2.75, 3.05) is 13.7 Å². The average molecular weight is 372 g/mol. The molecule has 0 unspecified atom stereocenters. The summed E-state index contributed by atoms with van der Waals surface area (Å²) >= 11 is 0. The molecule has 1 aliphatic rings. The van der Waals surface area contributed by atoms with Crippen LogP contribution in [0.25, 0.3) is 11.0 Å². The monoisotopic (exact) mass is 372 g/mol. The van der Waals surface area contributed by atoms with Gasteiger partial charge in [0.2, 0.25) is 5.91 Å². The Hall–Kier alpha value is -2.57. The number of carbonyl (C=O) groups is 2. The second-order valence-corrected chi connectivity index (χ2v) is 7.37. The van der Waals surface area contributed by atoms with Gasteiger partial charge in [-0.2, -0.15) is 0 Å². The molecular formula is C20H28N4O3. The van der Waals surface area contributed by atoms with Crippen molar-refractivity contribution in [3.8, 4) is 0 Å². The van der Waals surface area contributed by atoms with Crippen LogP contribution in [0.3, 0.4) is 0 Å². The second kappa shape index (κ2) is 7.98. The molecule has 1 saturated heterocycles. The quantitative estimate of drug-likeness (QED) is 0.844. The van der Waals surface area contributed by atoms with Crippen LogP contribution in [0.4, 0.5) is 4.79 Å². The Kier molecular flexibility index (Phi) is 5.68. The summed E-state index contributed by atoms with van der Waals surface area (Å²) in [6, 6.07) is 5.50. The largest absolute Gasteiger partial charge is 0.453 e. The Morgan fingerprint density at radius 2 is 2.19 bits per heavy atom. The Bertz CT molecular complexity index is 830. The summed E-state index contributed by atoms with van der Waals surface area (Å²) in [7, 11) is 1.30. The molecule has 27 heavy (non-hydrogen) atoms. The fourth-order valence-corrected chi connectivity index (χ4v) is 3.65. The molecule has 2 heterocycles. The number of nitrogens with one attached hydrogen (secondary N) is 2. The first kappa shape index (κ1) is 19.2. The van der Waals surface area contributed by atoms with Gasteiger partial charge in [0.25, 0.3) is 0 Å². The van der Waals surface area contributed by atoms with E-state index in [1.807, 2.05) is 24.8 Å². The van der Waals surface area contributed by atoms with Crippen LogP contribution in [0.15, 0.2) is 18.2 Å². The lowest BCUT2D eigenvalue weighted by Crippen LogP contribution is -2.51. The van der Waals surface area contributed by atoms with Gasteiger partial charge in [0.05, 0.1) is 24.2 Å². The first-order valence-electron chi connectivity index (χ1n) is 9.58. The molecule has 7 heteroatoms. The third kappa shape index (κ3) is 3.91. The summed E-state index contributed by atoms with van der Waals surface area (Å²) in [5.41, 5.74) is 3.16. The van der Waals surface area contributed by atoms with E-state index in [9.17, 15) is 9.59 Å². The van der Waals surface area contributed by atoms with Crippen molar-refractivity contribution in [2.45, 2.75) is 52.1 Å². The maximum Gasteiger partial charge on any atom is 0.407 e. The number of aromatic nitrogens is 2. The number of aryl methyl sites for hydroxylation is 1. The molecule has 2 amide bonds. The topological polar surface area (TPSA) is 87.3 Å². The standard InChI is InChI=1S/C20H28N4O3/c1-5-13-8-9-14-15(11-13)22-18(21-14)16-7-6-10-24(16)19(25)17(12(2)3)23-20(26)27-4/h8-9,11-12,16-17H,5-7,10H2,1-4H3,(H,21,22)(H,23,26)/t16-,17-/m0/s1. The molecule has 1 aromatic carbocycles. The molecule has 1 aromatic heterocycles. The zero-order chi connectivity index (χ0) is 19.6. The van der Waals surface area contributed by atoms with Gasteiger partial charge in [0, 0.05) is 6.54 Å². The maximum atomic E-state index is 13.2. The van der Waals surface area contributed by atoms with Gasteiger partial charge in [-0.05, 0) is 42.9 Å². The number of nitrogens with zero attached hydrogens (tertiary/aromatic N) is 2. The summed E-state index contributed by atoms with van der Waals surface area (Å²) < 4.78 is 4.68. The minimum absolute atomic E-state index is 0.0411. The lowest BCUT2D eigenvalue weighted by atomic mass is 10.0. The van der Waals surface area contributed by atoms with E-state index in [4.69, 9.17) is 4.98 Å². The van der Waals surface area contributed by atoms with Gasteiger partial charge in [-0.15, -0.1) is 0 Å². The van der Waals surface area contributed by atoms with E-state index in [2.05, 4.69) is 34.1 Å². The van der Waals surface area contributed by atoms with Crippen LogP contribution in [-0.2, 0) is 16.0 Å². The van der Waals surface area contributed by atoms with Crippen LogP contribution in [0, 0.1) is 5.92 Å². The Balaban J connectivity index is 1.85.